The molecular weight excluding hydrogens is 416 g/mol. The first-order valence-electron chi connectivity index (χ1n) is 12.5. The van der Waals surface area contributed by atoms with Crippen LogP contribution in [0.1, 0.15) is 66.4 Å². The zero-order chi connectivity index (χ0) is 25.8. The maximum absolute atomic E-state index is 10.0. The topological polar surface area (TPSA) is 45.0 Å². The number of phenols is 1. The fraction of sp³-hybridized carbons (Fsp3) is 0.355. The van der Waals surface area contributed by atoms with Crippen LogP contribution in [0.2, 0.25) is 0 Å². The van der Waals surface area contributed by atoms with Crippen molar-refractivity contribution in [1.82, 2.24) is 0 Å². The highest BCUT2D eigenvalue weighted by Crippen LogP contribution is 2.37. The van der Waals surface area contributed by atoms with Crippen molar-refractivity contribution < 1.29 is 5.11 Å². The second-order valence-electron chi connectivity index (χ2n) is 7.47. The van der Waals surface area contributed by atoms with Gasteiger partial charge in [0.2, 0.25) is 0 Å². The quantitative estimate of drug-likeness (QED) is 0.297. The van der Waals surface area contributed by atoms with Crippen molar-refractivity contribution in [1.29, 1.82) is 0 Å². The summed E-state index contributed by atoms with van der Waals surface area (Å²) >= 11 is 0. The number of fused-ring (bicyclic) bond motifs is 2. The SMILES string of the molecule is CC.CCC.CCCC.CN=Nc1c(C)cc2ccccc2c1O.c1ccc2ccccc2c1. The minimum absolute atomic E-state index is 0.205. The first-order valence-corrected chi connectivity index (χ1v) is 12.5. The Morgan fingerprint density at radius 2 is 1.06 bits per heavy atom. The van der Waals surface area contributed by atoms with Crippen molar-refractivity contribution in [3.63, 3.8) is 0 Å². The standard InChI is InChI=1S/C12H12N2O.C10H8.C4H10.C3H8.C2H6/c1-8-7-9-5-3-4-6-10(9)12(15)11(8)14-13-2;1-2-6-10-8-4-3-7-9(10)5-1;1-3-4-2;1-3-2;1-2/h3-7,15H,1-2H3;1-8H;3-4H2,1-2H3;3H2,1-2H3;1-2H3. The van der Waals surface area contributed by atoms with Gasteiger partial charge in [0.05, 0.1) is 0 Å². The molecule has 4 aromatic rings. The molecule has 0 aliphatic rings. The number of rotatable bonds is 2. The summed E-state index contributed by atoms with van der Waals surface area (Å²) in [6, 6.07) is 26.4. The molecule has 3 heteroatoms. The minimum Gasteiger partial charge on any atom is -0.505 e. The van der Waals surface area contributed by atoms with Crippen LogP contribution in [0.15, 0.2) is 89.1 Å². The normalized spacial score (nSPS) is 9.53. The van der Waals surface area contributed by atoms with Gasteiger partial charge < -0.3 is 5.11 Å². The number of hydrogen-bond donors (Lipinski definition) is 1. The van der Waals surface area contributed by atoms with E-state index in [1.54, 1.807) is 7.05 Å². The molecule has 0 aromatic heterocycles. The van der Waals surface area contributed by atoms with Gasteiger partial charge in [0, 0.05) is 12.4 Å². The van der Waals surface area contributed by atoms with Crippen LogP contribution in [0.4, 0.5) is 5.69 Å². The molecule has 0 radical (unpaired) electrons. The third-order valence-electron chi connectivity index (χ3n) is 4.54. The van der Waals surface area contributed by atoms with Crippen LogP contribution in [0.5, 0.6) is 5.75 Å². The van der Waals surface area contributed by atoms with Crippen molar-refractivity contribution in [2.45, 2.75) is 67.7 Å². The first kappa shape index (κ1) is 30.8. The summed E-state index contributed by atoms with van der Waals surface area (Å²) in [6.45, 7) is 14.5. The maximum atomic E-state index is 10.0. The Morgan fingerprint density at radius 1 is 0.676 bits per heavy atom. The van der Waals surface area contributed by atoms with Gasteiger partial charge in [-0.1, -0.05) is 134 Å². The highest BCUT2D eigenvalue weighted by atomic mass is 16.3. The molecule has 0 aliphatic carbocycles. The summed E-state index contributed by atoms with van der Waals surface area (Å²) in [5, 5.41) is 22.1. The third kappa shape index (κ3) is 10.6. The summed E-state index contributed by atoms with van der Waals surface area (Å²) in [5.74, 6) is 0.205. The van der Waals surface area contributed by atoms with E-state index in [2.05, 4.69) is 86.5 Å². The second kappa shape index (κ2) is 19.3. The molecule has 0 atom stereocenters. The number of benzene rings is 4. The fourth-order valence-corrected chi connectivity index (χ4v) is 2.81. The number of phenolic OH excluding ortho intramolecular Hbond substituents is 1. The summed E-state index contributed by atoms with van der Waals surface area (Å²) < 4.78 is 0. The van der Waals surface area contributed by atoms with E-state index in [9.17, 15) is 5.11 Å². The Labute approximate surface area is 207 Å². The molecule has 0 aliphatic heterocycles. The predicted octanol–water partition coefficient (Wildman–Crippen LogP) is 10.7. The zero-order valence-corrected chi connectivity index (χ0v) is 22.5. The Balaban J connectivity index is 0.000000494. The second-order valence-corrected chi connectivity index (χ2v) is 7.47. The molecule has 4 aromatic carbocycles. The van der Waals surface area contributed by atoms with E-state index in [4.69, 9.17) is 0 Å². The molecule has 34 heavy (non-hydrogen) atoms. The van der Waals surface area contributed by atoms with Crippen molar-refractivity contribution in [3.05, 3.63) is 84.4 Å². The molecule has 0 fully saturated rings. The van der Waals surface area contributed by atoms with Crippen molar-refractivity contribution in [3.8, 4) is 5.75 Å². The highest BCUT2D eigenvalue weighted by Gasteiger charge is 2.08. The average Bonchev–Trinajstić information content (AvgIpc) is 2.89. The summed E-state index contributed by atoms with van der Waals surface area (Å²) in [6.07, 6.45) is 3.89. The lowest BCUT2D eigenvalue weighted by molar-refractivity contribution is 0.482. The third-order valence-corrected chi connectivity index (χ3v) is 4.54. The Kier molecular flexibility index (Phi) is 17.5. The van der Waals surface area contributed by atoms with E-state index in [0.717, 1.165) is 16.3 Å². The van der Waals surface area contributed by atoms with Crippen molar-refractivity contribution >= 4 is 27.2 Å². The fourth-order valence-electron chi connectivity index (χ4n) is 2.81. The van der Waals surface area contributed by atoms with Crippen molar-refractivity contribution in [2.24, 2.45) is 10.2 Å². The van der Waals surface area contributed by atoms with E-state index < -0.39 is 0 Å². The van der Waals surface area contributed by atoms with Gasteiger partial charge in [-0.15, -0.1) is 0 Å². The van der Waals surface area contributed by atoms with Gasteiger partial charge in [0.15, 0.2) is 5.75 Å². The number of aryl methyl sites for hydroxylation is 1. The molecule has 0 saturated carbocycles. The largest absolute Gasteiger partial charge is 0.505 e. The van der Waals surface area contributed by atoms with E-state index in [0.29, 0.717) is 5.69 Å². The molecular formula is C31H44N2O. The molecule has 0 amide bonds. The molecule has 4 rings (SSSR count). The molecule has 0 bridgehead atoms. The molecule has 3 nitrogen and oxygen atoms in total. The van der Waals surface area contributed by atoms with Gasteiger partial charge in [-0.2, -0.15) is 10.2 Å². The van der Waals surface area contributed by atoms with Gasteiger partial charge in [-0.05, 0) is 34.7 Å². The first-order chi connectivity index (χ1) is 16.5. The molecule has 0 heterocycles. The maximum Gasteiger partial charge on any atom is 0.151 e. The van der Waals surface area contributed by atoms with Gasteiger partial charge >= 0.3 is 0 Å². The van der Waals surface area contributed by atoms with Crippen LogP contribution in [0, 0.1) is 6.92 Å². The van der Waals surface area contributed by atoms with E-state index in [-0.39, 0.29) is 5.75 Å². The number of aromatic hydroxyl groups is 1. The van der Waals surface area contributed by atoms with Gasteiger partial charge in [-0.3, -0.25) is 0 Å². The number of azo groups is 1. The smallest absolute Gasteiger partial charge is 0.151 e. The summed E-state index contributed by atoms with van der Waals surface area (Å²) in [7, 11) is 1.59. The predicted molar refractivity (Wildman–Crippen MR) is 153 cm³/mol. The lowest BCUT2D eigenvalue weighted by Gasteiger charge is -2.06. The van der Waals surface area contributed by atoms with Gasteiger partial charge in [0.25, 0.3) is 0 Å². The van der Waals surface area contributed by atoms with Crippen LogP contribution < -0.4 is 0 Å². The zero-order valence-electron chi connectivity index (χ0n) is 22.5. The Hall–Kier alpha value is -3.20. The molecule has 184 valence electrons. The van der Waals surface area contributed by atoms with Gasteiger partial charge in [0.1, 0.15) is 5.69 Å². The molecule has 0 unspecified atom stereocenters. The van der Waals surface area contributed by atoms with E-state index >= 15 is 0 Å². The average molecular weight is 461 g/mol. The van der Waals surface area contributed by atoms with Crippen LogP contribution >= 0.6 is 0 Å². The number of nitrogens with zero attached hydrogens (tertiary/aromatic N) is 2. The Morgan fingerprint density at radius 3 is 1.44 bits per heavy atom. The van der Waals surface area contributed by atoms with Crippen molar-refractivity contribution in [2.75, 3.05) is 7.05 Å². The van der Waals surface area contributed by atoms with E-state index in [1.807, 2.05) is 51.1 Å². The number of hydrogen-bond acceptors (Lipinski definition) is 3. The molecule has 1 N–H and O–H groups in total. The van der Waals surface area contributed by atoms with Crippen LogP contribution in [-0.2, 0) is 0 Å². The molecule has 0 saturated heterocycles. The molecule has 0 spiro atoms. The van der Waals surface area contributed by atoms with E-state index in [1.165, 1.54) is 30.0 Å². The Bertz CT molecular complexity index is 1020. The van der Waals surface area contributed by atoms with Gasteiger partial charge in [-0.25, -0.2) is 0 Å². The van der Waals surface area contributed by atoms with Crippen LogP contribution in [0.3, 0.4) is 0 Å². The highest BCUT2D eigenvalue weighted by molar-refractivity contribution is 5.93. The minimum atomic E-state index is 0.205. The monoisotopic (exact) mass is 460 g/mol. The number of unbranched alkanes of at least 4 members (excludes halogenated alkanes) is 1. The summed E-state index contributed by atoms with van der Waals surface area (Å²) in [4.78, 5) is 0. The van der Waals surface area contributed by atoms with Crippen LogP contribution in [-0.4, -0.2) is 12.2 Å². The lowest BCUT2D eigenvalue weighted by atomic mass is 10.0. The van der Waals surface area contributed by atoms with Crippen LogP contribution in [0.25, 0.3) is 21.5 Å². The lowest BCUT2D eigenvalue weighted by Crippen LogP contribution is -1.79. The summed E-state index contributed by atoms with van der Waals surface area (Å²) in [5.41, 5.74) is 1.48.